The Labute approximate surface area is 107 Å². The first-order valence-electron chi connectivity index (χ1n) is 5.75. The van der Waals surface area contributed by atoms with E-state index in [9.17, 15) is 22.8 Å². The van der Waals surface area contributed by atoms with Crippen LogP contribution in [0.1, 0.15) is 46.7 Å². The minimum absolute atomic E-state index is 0.0170. The third-order valence-electron chi connectivity index (χ3n) is 3.29. The van der Waals surface area contributed by atoms with Gasteiger partial charge in [-0.2, -0.15) is 13.2 Å². The molecule has 0 heterocycles. The lowest BCUT2D eigenvalue weighted by Gasteiger charge is -2.17. The molecule has 2 rings (SSSR count). The Bertz CT molecular complexity index is 534. The molecular weight excluding hydrogens is 261 g/mol. The van der Waals surface area contributed by atoms with Gasteiger partial charge < -0.3 is 5.11 Å². The van der Waals surface area contributed by atoms with Crippen molar-refractivity contribution < 1.29 is 27.9 Å². The third-order valence-corrected chi connectivity index (χ3v) is 3.29. The molecule has 0 amide bonds. The summed E-state index contributed by atoms with van der Waals surface area (Å²) in [5.74, 6) is -1.92. The lowest BCUT2D eigenvalue weighted by Crippen LogP contribution is -2.13. The molecule has 0 saturated heterocycles. The maximum atomic E-state index is 13.0. The average Bonchev–Trinajstić information content (AvgIpc) is 2.73. The molecule has 0 bridgehead atoms. The van der Waals surface area contributed by atoms with Crippen molar-refractivity contribution in [3.05, 3.63) is 34.9 Å². The number of halogens is 3. The van der Waals surface area contributed by atoms with Crippen LogP contribution in [0.5, 0.6) is 0 Å². The number of carbonyl (C=O) groups excluding carboxylic acids is 1. The Morgan fingerprint density at radius 1 is 1.32 bits per heavy atom. The molecule has 1 saturated carbocycles. The maximum Gasteiger partial charge on any atom is 0.416 e. The summed E-state index contributed by atoms with van der Waals surface area (Å²) < 4.78 is 38.9. The van der Waals surface area contributed by atoms with Crippen molar-refractivity contribution in [2.45, 2.75) is 31.4 Å². The van der Waals surface area contributed by atoms with Gasteiger partial charge in [0.1, 0.15) is 5.78 Å². The van der Waals surface area contributed by atoms with Crippen molar-refractivity contribution in [2.24, 2.45) is 0 Å². The number of alkyl halides is 3. The smallest absolute Gasteiger partial charge is 0.416 e. The van der Waals surface area contributed by atoms with Crippen LogP contribution in [0.4, 0.5) is 13.2 Å². The highest BCUT2D eigenvalue weighted by atomic mass is 19.4. The zero-order valence-electron chi connectivity index (χ0n) is 9.83. The topological polar surface area (TPSA) is 54.4 Å². The normalized spacial score (nSPS) is 19.7. The van der Waals surface area contributed by atoms with Crippen LogP contribution in [0.15, 0.2) is 18.2 Å². The summed E-state index contributed by atoms with van der Waals surface area (Å²) in [4.78, 5) is 21.9. The van der Waals surface area contributed by atoms with Crippen molar-refractivity contribution in [3.8, 4) is 0 Å². The van der Waals surface area contributed by atoms with Gasteiger partial charge in [0.2, 0.25) is 0 Å². The van der Waals surface area contributed by atoms with Gasteiger partial charge in [0.25, 0.3) is 0 Å². The van der Waals surface area contributed by atoms with E-state index in [0.29, 0.717) is 12.5 Å². The van der Waals surface area contributed by atoms with E-state index in [4.69, 9.17) is 5.11 Å². The zero-order chi connectivity index (χ0) is 14.2. The SMILES string of the molecule is O=C1CCC(c2ccc(C(=O)O)cc2C(F)(F)F)C1. The van der Waals surface area contributed by atoms with E-state index in [1.165, 1.54) is 6.07 Å². The summed E-state index contributed by atoms with van der Waals surface area (Å²) in [5.41, 5.74) is -1.34. The summed E-state index contributed by atoms with van der Waals surface area (Å²) in [6.45, 7) is 0. The minimum atomic E-state index is -4.62. The molecule has 1 aliphatic carbocycles. The first-order valence-corrected chi connectivity index (χ1v) is 5.75. The van der Waals surface area contributed by atoms with Gasteiger partial charge in [0, 0.05) is 12.8 Å². The van der Waals surface area contributed by atoms with E-state index in [1.54, 1.807) is 0 Å². The number of aromatic carboxylic acids is 1. The number of carboxylic acids is 1. The number of carboxylic acid groups (broad SMARTS) is 1. The number of carbonyl (C=O) groups is 2. The first-order chi connectivity index (χ1) is 8.79. The van der Waals surface area contributed by atoms with Crippen molar-refractivity contribution >= 4 is 11.8 Å². The van der Waals surface area contributed by atoms with Crippen molar-refractivity contribution in [3.63, 3.8) is 0 Å². The highest BCUT2D eigenvalue weighted by molar-refractivity contribution is 5.88. The van der Waals surface area contributed by atoms with Crippen LogP contribution in [0.2, 0.25) is 0 Å². The van der Waals surface area contributed by atoms with Crippen LogP contribution < -0.4 is 0 Å². The van der Waals surface area contributed by atoms with E-state index in [0.717, 1.165) is 6.07 Å². The van der Waals surface area contributed by atoms with E-state index in [1.807, 2.05) is 0 Å². The van der Waals surface area contributed by atoms with Crippen LogP contribution in [0.25, 0.3) is 0 Å². The molecule has 0 aliphatic heterocycles. The van der Waals surface area contributed by atoms with E-state index >= 15 is 0 Å². The fourth-order valence-corrected chi connectivity index (χ4v) is 2.37. The molecule has 19 heavy (non-hydrogen) atoms. The maximum absolute atomic E-state index is 13.0. The fraction of sp³-hybridized carbons (Fsp3) is 0.385. The predicted octanol–water partition coefficient (Wildman–Crippen LogP) is 3.24. The molecule has 3 nitrogen and oxygen atoms in total. The van der Waals surface area contributed by atoms with Gasteiger partial charge >= 0.3 is 12.1 Å². The predicted molar refractivity (Wildman–Crippen MR) is 60.0 cm³/mol. The van der Waals surface area contributed by atoms with E-state index in [2.05, 4.69) is 0 Å². The number of rotatable bonds is 2. The molecule has 1 N–H and O–H groups in total. The minimum Gasteiger partial charge on any atom is -0.478 e. The molecule has 102 valence electrons. The van der Waals surface area contributed by atoms with Crippen LogP contribution in [0.3, 0.4) is 0 Å². The molecule has 0 spiro atoms. The summed E-state index contributed by atoms with van der Waals surface area (Å²) in [6, 6.07) is 2.96. The Hall–Kier alpha value is -1.85. The second-order valence-electron chi connectivity index (χ2n) is 4.58. The van der Waals surface area contributed by atoms with Crippen LogP contribution >= 0.6 is 0 Å². The lowest BCUT2D eigenvalue weighted by atomic mass is 9.91. The Kier molecular flexibility index (Phi) is 3.34. The number of benzene rings is 1. The number of hydrogen-bond acceptors (Lipinski definition) is 2. The van der Waals surface area contributed by atoms with E-state index < -0.39 is 29.2 Å². The van der Waals surface area contributed by atoms with Gasteiger partial charge in [0.15, 0.2) is 0 Å². The molecule has 1 unspecified atom stereocenters. The van der Waals surface area contributed by atoms with Gasteiger partial charge in [-0.15, -0.1) is 0 Å². The summed E-state index contributed by atoms with van der Waals surface area (Å²) in [7, 11) is 0. The average molecular weight is 272 g/mol. The second-order valence-corrected chi connectivity index (χ2v) is 4.58. The van der Waals surface area contributed by atoms with Crippen LogP contribution in [0, 0.1) is 0 Å². The molecule has 1 fully saturated rings. The van der Waals surface area contributed by atoms with Crippen LogP contribution in [-0.2, 0) is 11.0 Å². The molecule has 6 heteroatoms. The summed E-state index contributed by atoms with van der Waals surface area (Å²) in [6.07, 6.45) is -3.86. The van der Waals surface area contributed by atoms with Gasteiger partial charge in [-0.05, 0) is 30.0 Å². The first kappa shape index (κ1) is 13.6. The van der Waals surface area contributed by atoms with Crippen LogP contribution in [-0.4, -0.2) is 16.9 Å². The molecule has 0 radical (unpaired) electrons. The largest absolute Gasteiger partial charge is 0.478 e. The highest BCUT2D eigenvalue weighted by Crippen LogP contribution is 2.40. The number of ketones is 1. The fourth-order valence-electron chi connectivity index (χ4n) is 2.37. The lowest BCUT2D eigenvalue weighted by molar-refractivity contribution is -0.138. The van der Waals surface area contributed by atoms with Gasteiger partial charge in [-0.25, -0.2) is 4.79 Å². The van der Waals surface area contributed by atoms with Gasteiger partial charge in [-0.3, -0.25) is 4.79 Å². The Morgan fingerprint density at radius 3 is 2.47 bits per heavy atom. The van der Waals surface area contributed by atoms with Gasteiger partial charge in [0.05, 0.1) is 11.1 Å². The van der Waals surface area contributed by atoms with Crippen molar-refractivity contribution in [1.82, 2.24) is 0 Å². The van der Waals surface area contributed by atoms with E-state index in [-0.39, 0.29) is 24.2 Å². The van der Waals surface area contributed by atoms with Crippen molar-refractivity contribution in [1.29, 1.82) is 0 Å². The quantitative estimate of drug-likeness (QED) is 0.899. The van der Waals surface area contributed by atoms with Gasteiger partial charge in [-0.1, -0.05) is 6.07 Å². The second kappa shape index (κ2) is 4.68. The monoisotopic (exact) mass is 272 g/mol. The molecule has 0 aromatic heterocycles. The molecule has 1 atom stereocenters. The number of Topliss-reactive ketones (excluding diaryl/α,β-unsaturated/α-hetero) is 1. The highest BCUT2D eigenvalue weighted by Gasteiger charge is 2.37. The number of hydrogen-bond donors (Lipinski definition) is 1. The van der Waals surface area contributed by atoms with Crippen molar-refractivity contribution in [2.75, 3.05) is 0 Å². The Morgan fingerprint density at radius 2 is 2.00 bits per heavy atom. The molecular formula is C13H11F3O3. The Balaban J connectivity index is 2.48. The third kappa shape index (κ3) is 2.77. The zero-order valence-corrected chi connectivity index (χ0v) is 9.83. The molecule has 1 aromatic rings. The molecule has 1 aliphatic rings. The molecule has 1 aromatic carbocycles. The summed E-state index contributed by atoms with van der Waals surface area (Å²) in [5, 5.41) is 8.75. The summed E-state index contributed by atoms with van der Waals surface area (Å²) >= 11 is 0. The standard InChI is InChI=1S/C13H11F3O3/c14-13(15,16)11-6-8(12(18)19)2-4-10(11)7-1-3-9(17)5-7/h2,4,6-7H,1,3,5H2,(H,18,19).